The Kier molecular flexibility index (Phi) is 7.93. The number of nitrogens with zero attached hydrogens (tertiary/aromatic N) is 1. The van der Waals surface area contributed by atoms with Crippen LogP contribution in [0.2, 0.25) is 0 Å². The zero-order valence-electron chi connectivity index (χ0n) is 34.5. The summed E-state index contributed by atoms with van der Waals surface area (Å²) in [6.07, 6.45) is 0. The van der Waals surface area contributed by atoms with Gasteiger partial charge in [-0.1, -0.05) is 185 Å². The van der Waals surface area contributed by atoms with Gasteiger partial charge in [0.15, 0.2) is 0 Å². The molecule has 0 fully saturated rings. The summed E-state index contributed by atoms with van der Waals surface area (Å²) < 4.78 is 9.68. The molecule has 10 aromatic rings. The Balaban J connectivity index is 1.19. The molecular weight excluding hydrogens is 737 g/mol. The van der Waals surface area contributed by atoms with Crippen LogP contribution in [0.3, 0.4) is 0 Å². The maximum atomic E-state index is 7.13. The van der Waals surface area contributed by atoms with Crippen LogP contribution in [0, 0.1) is 0 Å². The highest BCUT2D eigenvalue weighted by Crippen LogP contribution is 2.44. The molecule has 288 valence electrons. The van der Waals surface area contributed by atoms with E-state index in [1.54, 1.807) is 0 Å². The van der Waals surface area contributed by atoms with Crippen LogP contribution in [0.4, 0.5) is 0 Å². The number of ether oxygens (including phenoxy) is 1. The molecule has 2 aliphatic heterocycles. The van der Waals surface area contributed by atoms with Crippen LogP contribution in [-0.2, 0) is 5.41 Å². The predicted octanol–water partition coefficient (Wildman–Crippen LogP) is 13.4. The molecule has 0 bridgehead atoms. The van der Waals surface area contributed by atoms with Gasteiger partial charge in [-0.25, -0.2) is 0 Å². The Morgan fingerprint density at radius 3 is 1.57 bits per heavy atom. The van der Waals surface area contributed by atoms with Gasteiger partial charge in [0.1, 0.15) is 11.5 Å². The quantitative estimate of drug-likeness (QED) is 0.159. The molecule has 12 rings (SSSR count). The molecule has 3 heteroatoms. The third-order valence-electron chi connectivity index (χ3n) is 13.0. The maximum absolute atomic E-state index is 7.13. The number of hydrogen-bond donors (Lipinski definition) is 0. The fourth-order valence-corrected chi connectivity index (χ4v) is 10.1. The molecule has 2 nitrogen and oxygen atoms in total. The van der Waals surface area contributed by atoms with E-state index in [9.17, 15) is 0 Å². The van der Waals surface area contributed by atoms with Crippen molar-refractivity contribution in [3.8, 4) is 72.8 Å². The number of fused-ring (bicyclic) bond motifs is 7. The third-order valence-corrected chi connectivity index (χ3v) is 13.0. The molecule has 0 aliphatic carbocycles. The van der Waals surface area contributed by atoms with Gasteiger partial charge < -0.3 is 9.30 Å². The van der Waals surface area contributed by atoms with Crippen LogP contribution in [0.25, 0.3) is 83.1 Å². The molecule has 3 heterocycles. The van der Waals surface area contributed by atoms with Gasteiger partial charge in [-0.15, -0.1) is 0 Å². The average molecular weight is 780 g/mol. The molecule has 0 spiro atoms. The van der Waals surface area contributed by atoms with Crippen molar-refractivity contribution < 1.29 is 4.74 Å². The van der Waals surface area contributed by atoms with Crippen molar-refractivity contribution in [3.63, 3.8) is 0 Å². The first-order valence-corrected chi connectivity index (χ1v) is 21.4. The molecule has 61 heavy (non-hydrogen) atoms. The van der Waals surface area contributed by atoms with Gasteiger partial charge in [0.25, 0.3) is 6.71 Å². The van der Waals surface area contributed by atoms with Gasteiger partial charge in [-0.3, -0.25) is 0 Å². The minimum atomic E-state index is -0.0990. The van der Waals surface area contributed by atoms with E-state index in [1.807, 2.05) is 0 Å². The van der Waals surface area contributed by atoms with E-state index in [1.165, 1.54) is 99.5 Å². The van der Waals surface area contributed by atoms with E-state index in [4.69, 9.17) is 4.74 Å². The van der Waals surface area contributed by atoms with E-state index >= 15 is 0 Å². The normalized spacial score (nSPS) is 12.6. The first-order chi connectivity index (χ1) is 29.9. The maximum Gasteiger partial charge on any atom is 0.256 e. The van der Waals surface area contributed by atoms with Crippen LogP contribution in [-0.4, -0.2) is 11.3 Å². The molecule has 0 N–H and O–H groups in total. The topological polar surface area (TPSA) is 14.2 Å². The number of aromatic nitrogens is 1. The second-order valence-electron chi connectivity index (χ2n) is 17.7. The van der Waals surface area contributed by atoms with Crippen LogP contribution in [0.1, 0.15) is 26.3 Å². The molecule has 1 aromatic heterocycles. The van der Waals surface area contributed by atoms with Crippen molar-refractivity contribution in [1.82, 2.24) is 4.57 Å². The number of hydrogen-bond acceptors (Lipinski definition) is 1. The molecule has 0 unspecified atom stereocenters. The zero-order chi connectivity index (χ0) is 40.8. The van der Waals surface area contributed by atoms with Crippen molar-refractivity contribution in [2.24, 2.45) is 0 Å². The molecule has 2 aliphatic rings. The molecule has 0 atom stereocenters. The van der Waals surface area contributed by atoms with Crippen LogP contribution in [0.15, 0.2) is 200 Å². The van der Waals surface area contributed by atoms with E-state index in [0.29, 0.717) is 0 Å². The van der Waals surface area contributed by atoms with Crippen LogP contribution < -0.4 is 21.1 Å². The lowest BCUT2D eigenvalue weighted by atomic mass is 9.34. The first-order valence-electron chi connectivity index (χ1n) is 21.4. The SMILES string of the molecule is CC(C)(C)c1cc2c3c(c1)-n1c4ccc(-c5ccccc5-c5ccccc5)cc4c4cc(-c5ccccc5-c5ccccc5)cc(c41)B3c1ccc(-c3ccccc3)cc1O2. The Morgan fingerprint density at radius 2 is 0.951 bits per heavy atom. The van der Waals surface area contributed by atoms with Gasteiger partial charge in [0, 0.05) is 22.0 Å². The average Bonchev–Trinajstić information content (AvgIpc) is 3.64. The lowest BCUT2D eigenvalue weighted by Gasteiger charge is -2.35. The highest BCUT2D eigenvalue weighted by Gasteiger charge is 2.42. The summed E-state index contributed by atoms with van der Waals surface area (Å²) in [5, 5.41) is 2.50. The summed E-state index contributed by atoms with van der Waals surface area (Å²) in [4.78, 5) is 0. The highest BCUT2D eigenvalue weighted by molar-refractivity contribution is 6.99. The molecule has 0 radical (unpaired) electrons. The lowest BCUT2D eigenvalue weighted by molar-refractivity contribution is 0.483. The largest absolute Gasteiger partial charge is 0.458 e. The van der Waals surface area contributed by atoms with Crippen molar-refractivity contribution >= 4 is 44.9 Å². The van der Waals surface area contributed by atoms with Crippen LogP contribution >= 0.6 is 0 Å². The number of benzene rings is 9. The van der Waals surface area contributed by atoms with Crippen molar-refractivity contribution in [2.45, 2.75) is 26.2 Å². The summed E-state index contributed by atoms with van der Waals surface area (Å²) >= 11 is 0. The standard InChI is InChI=1S/C58H42BNO/c1-58(2,3)43-35-53-56-55(36-43)61-54-34-40(37-17-7-4-8-18-37)27-29-50(54)59(56)51-33-42(47-26-16-14-24-45(47)39-21-11-6-12-22-39)32-49-48-31-41(28-30-52(48)60(53)57(49)51)46-25-15-13-23-44(46)38-19-9-5-10-20-38/h4-36H,1-3H3. The van der Waals surface area contributed by atoms with Crippen molar-refractivity contribution in [2.75, 3.05) is 0 Å². The molecule has 9 aromatic carbocycles. The Morgan fingerprint density at radius 1 is 0.410 bits per heavy atom. The Labute approximate surface area is 357 Å². The Hall–Kier alpha value is -7.36. The smallest absolute Gasteiger partial charge is 0.256 e. The van der Waals surface area contributed by atoms with E-state index in [0.717, 1.165) is 17.1 Å². The van der Waals surface area contributed by atoms with E-state index in [2.05, 4.69) is 226 Å². The predicted molar refractivity (Wildman–Crippen MR) is 258 cm³/mol. The fraction of sp³-hybridized carbons (Fsp3) is 0.0690. The first kappa shape index (κ1) is 35.6. The summed E-state index contributed by atoms with van der Waals surface area (Å²) in [5.74, 6) is 1.86. The van der Waals surface area contributed by atoms with E-state index < -0.39 is 0 Å². The van der Waals surface area contributed by atoms with Gasteiger partial charge in [-0.2, -0.15) is 0 Å². The van der Waals surface area contributed by atoms with Gasteiger partial charge in [0.2, 0.25) is 0 Å². The summed E-state index contributed by atoms with van der Waals surface area (Å²) in [5.41, 5.74) is 20.6. The molecule has 0 saturated carbocycles. The van der Waals surface area contributed by atoms with Crippen molar-refractivity contribution in [1.29, 1.82) is 0 Å². The minimum Gasteiger partial charge on any atom is -0.458 e. The molecular formula is C58H42BNO. The second-order valence-corrected chi connectivity index (χ2v) is 17.7. The lowest BCUT2D eigenvalue weighted by Crippen LogP contribution is -2.58. The second kappa shape index (κ2) is 13.6. The van der Waals surface area contributed by atoms with Gasteiger partial charge in [-0.05, 0) is 119 Å². The minimum absolute atomic E-state index is 0.0333. The Bertz CT molecular complexity index is 3360. The van der Waals surface area contributed by atoms with Crippen LogP contribution in [0.5, 0.6) is 11.5 Å². The summed E-state index contributed by atoms with van der Waals surface area (Å²) in [6, 6.07) is 73.6. The third kappa shape index (κ3) is 5.65. The van der Waals surface area contributed by atoms with E-state index in [-0.39, 0.29) is 12.1 Å². The number of rotatable bonds is 5. The summed E-state index contributed by atoms with van der Waals surface area (Å²) in [7, 11) is 0. The van der Waals surface area contributed by atoms with Gasteiger partial charge in [0.05, 0.1) is 5.52 Å². The summed E-state index contributed by atoms with van der Waals surface area (Å²) in [6.45, 7) is 6.87. The highest BCUT2D eigenvalue weighted by atomic mass is 16.5. The molecule has 0 saturated heterocycles. The van der Waals surface area contributed by atoms with Crippen molar-refractivity contribution in [3.05, 3.63) is 206 Å². The molecule has 0 amide bonds. The monoisotopic (exact) mass is 779 g/mol. The zero-order valence-corrected chi connectivity index (χ0v) is 34.5. The van der Waals surface area contributed by atoms with Gasteiger partial charge >= 0.3 is 0 Å². The fourth-order valence-electron chi connectivity index (χ4n) is 10.1.